The molecule has 90 valence electrons. The molecule has 0 saturated carbocycles. The quantitative estimate of drug-likeness (QED) is 0.377. The number of carbonyl (C=O) groups is 1. The van der Waals surface area contributed by atoms with Crippen LogP contribution in [0.5, 0.6) is 0 Å². The van der Waals surface area contributed by atoms with E-state index in [0.29, 0.717) is 16.2 Å². The van der Waals surface area contributed by atoms with Gasteiger partial charge in [0.05, 0.1) is 9.82 Å². The molecule has 1 N–H and O–H groups in total. The molecule has 6 heteroatoms. The number of para-hydroxylation sites is 1. The molecular formula is C11H11NO4S. The normalized spacial score (nSPS) is 11.2. The van der Waals surface area contributed by atoms with Crippen LogP contribution in [0.4, 0.5) is 5.69 Å². The monoisotopic (exact) mass is 253 g/mol. The van der Waals surface area contributed by atoms with E-state index in [-0.39, 0.29) is 5.69 Å². The molecule has 5 nitrogen and oxygen atoms in total. The second-order valence-corrected chi connectivity index (χ2v) is 4.36. The fraction of sp³-hybridized carbons (Fsp3) is 0.182. The highest BCUT2D eigenvalue weighted by Crippen LogP contribution is 2.29. The number of nitro benzene ring substituents is 1. The molecule has 0 aliphatic rings. The predicted molar refractivity (Wildman–Crippen MR) is 65.2 cm³/mol. The van der Waals surface area contributed by atoms with Gasteiger partial charge in [0.25, 0.3) is 5.69 Å². The van der Waals surface area contributed by atoms with Crippen LogP contribution in [0.15, 0.2) is 40.8 Å². The molecule has 0 saturated heterocycles. The minimum absolute atomic E-state index is 0.0422. The van der Waals surface area contributed by atoms with E-state index in [1.165, 1.54) is 17.8 Å². The van der Waals surface area contributed by atoms with Gasteiger partial charge < -0.3 is 5.11 Å². The van der Waals surface area contributed by atoms with Crippen LogP contribution in [0.2, 0.25) is 0 Å². The Bertz CT molecular complexity index is 470. The molecule has 0 aliphatic heterocycles. The van der Waals surface area contributed by atoms with Gasteiger partial charge in [-0.25, -0.2) is 4.79 Å². The van der Waals surface area contributed by atoms with Crippen LogP contribution in [-0.4, -0.2) is 21.8 Å². The molecular weight excluding hydrogens is 242 g/mol. The fourth-order valence-electron chi connectivity index (χ4n) is 1.17. The third kappa shape index (κ3) is 4.28. The molecule has 0 aromatic heterocycles. The summed E-state index contributed by atoms with van der Waals surface area (Å²) in [5.41, 5.74) is 0.696. The second-order valence-electron chi connectivity index (χ2n) is 3.34. The van der Waals surface area contributed by atoms with Crippen molar-refractivity contribution in [3.8, 4) is 0 Å². The summed E-state index contributed by atoms with van der Waals surface area (Å²) < 4.78 is 0. The van der Waals surface area contributed by atoms with Gasteiger partial charge in [0, 0.05) is 17.9 Å². The Hall–Kier alpha value is -1.82. The summed E-state index contributed by atoms with van der Waals surface area (Å²) in [6.45, 7) is 1.68. The lowest BCUT2D eigenvalue weighted by atomic mass is 10.3. The van der Waals surface area contributed by atoms with Crippen molar-refractivity contribution in [1.29, 1.82) is 0 Å². The van der Waals surface area contributed by atoms with Crippen molar-refractivity contribution in [3.63, 3.8) is 0 Å². The Kier molecular flexibility index (Phi) is 4.71. The summed E-state index contributed by atoms with van der Waals surface area (Å²) in [6.07, 6.45) is 1.10. The number of rotatable bonds is 5. The number of carboxylic acids is 1. The average molecular weight is 253 g/mol. The Balaban J connectivity index is 2.76. The highest BCUT2D eigenvalue weighted by atomic mass is 32.2. The number of nitrogens with zero attached hydrogens (tertiary/aromatic N) is 1. The first-order chi connectivity index (χ1) is 8.00. The topological polar surface area (TPSA) is 80.4 Å². The van der Waals surface area contributed by atoms with Crippen molar-refractivity contribution in [2.45, 2.75) is 11.8 Å². The first-order valence-electron chi connectivity index (χ1n) is 4.77. The van der Waals surface area contributed by atoms with Crippen molar-refractivity contribution in [3.05, 3.63) is 46.0 Å². The maximum atomic E-state index is 10.7. The number of nitro groups is 1. The molecule has 0 atom stereocenters. The van der Waals surface area contributed by atoms with Crippen LogP contribution in [0.25, 0.3) is 0 Å². The van der Waals surface area contributed by atoms with E-state index in [1.54, 1.807) is 25.1 Å². The Morgan fingerprint density at radius 3 is 2.76 bits per heavy atom. The zero-order valence-corrected chi connectivity index (χ0v) is 9.94. The maximum absolute atomic E-state index is 10.7. The summed E-state index contributed by atoms with van der Waals surface area (Å²) in [6, 6.07) is 6.39. The molecule has 17 heavy (non-hydrogen) atoms. The first kappa shape index (κ1) is 13.2. The maximum Gasteiger partial charge on any atom is 0.328 e. The molecule has 0 radical (unpaired) electrons. The second kappa shape index (κ2) is 6.05. The molecule has 1 aromatic carbocycles. The number of hydrogen-bond donors (Lipinski definition) is 1. The summed E-state index contributed by atoms with van der Waals surface area (Å²) in [4.78, 5) is 21.2. The van der Waals surface area contributed by atoms with Gasteiger partial charge in [-0.15, -0.1) is 11.8 Å². The lowest BCUT2D eigenvalue weighted by Crippen LogP contribution is -1.94. The smallest absolute Gasteiger partial charge is 0.328 e. The van der Waals surface area contributed by atoms with Crippen LogP contribution in [-0.2, 0) is 4.79 Å². The van der Waals surface area contributed by atoms with Crippen molar-refractivity contribution in [2.75, 3.05) is 5.75 Å². The van der Waals surface area contributed by atoms with Gasteiger partial charge in [-0.3, -0.25) is 10.1 Å². The third-order valence-corrected chi connectivity index (χ3v) is 3.14. The molecule has 0 fully saturated rings. The molecule has 0 aliphatic carbocycles. The van der Waals surface area contributed by atoms with Gasteiger partial charge in [-0.2, -0.15) is 0 Å². The van der Waals surface area contributed by atoms with Gasteiger partial charge >= 0.3 is 5.97 Å². The van der Waals surface area contributed by atoms with Crippen LogP contribution in [0.1, 0.15) is 6.92 Å². The molecule has 0 spiro atoms. The molecule has 0 bridgehead atoms. The highest BCUT2D eigenvalue weighted by molar-refractivity contribution is 7.99. The van der Waals surface area contributed by atoms with Crippen LogP contribution < -0.4 is 0 Å². The van der Waals surface area contributed by atoms with E-state index in [0.717, 1.165) is 6.08 Å². The summed E-state index contributed by atoms with van der Waals surface area (Å²) in [5, 5.41) is 19.3. The number of aliphatic carboxylic acids is 1. The summed E-state index contributed by atoms with van der Waals surface area (Å²) in [5.74, 6) is -0.595. The van der Waals surface area contributed by atoms with Gasteiger partial charge in [-0.05, 0) is 13.0 Å². The average Bonchev–Trinajstić information content (AvgIpc) is 2.25. The number of benzene rings is 1. The molecule has 0 heterocycles. The molecule has 1 aromatic rings. The molecule has 0 unspecified atom stereocenters. The van der Waals surface area contributed by atoms with E-state index in [1.807, 2.05) is 0 Å². The minimum Gasteiger partial charge on any atom is -0.478 e. The fourth-order valence-corrected chi connectivity index (χ4v) is 2.11. The van der Waals surface area contributed by atoms with Crippen molar-refractivity contribution in [1.82, 2.24) is 0 Å². The lowest BCUT2D eigenvalue weighted by Gasteiger charge is -2.02. The first-order valence-corrected chi connectivity index (χ1v) is 5.75. The van der Waals surface area contributed by atoms with Gasteiger partial charge in [0.15, 0.2) is 0 Å². The number of hydrogen-bond acceptors (Lipinski definition) is 4. The van der Waals surface area contributed by atoms with E-state index in [2.05, 4.69) is 0 Å². The standard InChI is InChI=1S/C11H11NO4S/c1-8(6-11(13)14)7-17-10-5-3-2-4-9(10)12(15)16/h2-6H,7H2,1H3,(H,13,14)/b8-6+. The highest BCUT2D eigenvalue weighted by Gasteiger charge is 2.12. The SMILES string of the molecule is C/C(=C\C(=O)O)CSc1ccccc1[N+](=O)[O-]. The largest absolute Gasteiger partial charge is 0.478 e. The Morgan fingerprint density at radius 1 is 1.53 bits per heavy atom. The van der Waals surface area contributed by atoms with Gasteiger partial charge in [0.1, 0.15) is 0 Å². The lowest BCUT2D eigenvalue weighted by molar-refractivity contribution is -0.387. The predicted octanol–water partition coefficient (Wildman–Crippen LogP) is 2.72. The Morgan fingerprint density at radius 2 is 2.18 bits per heavy atom. The van der Waals surface area contributed by atoms with Crippen LogP contribution >= 0.6 is 11.8 Å². The Labute approximate surface area is 102 Å². The summed E-state index contributed by atoms with van der Waals surface area (Å²) in [7, 11) is 0. The molecule has 0 amide bonds. The number of thioether (sulfide) groups is 1. The van der Waals surface area contributed by atoms with Crippen LogP contribution in [0, 0.1) is 10.1 Å². The van der Waals surface area contributed by atoms with Crippen molar-refractivity contribution >= 4 is 23.4 Å². The van der Waals surface area contributed by atoms with Gasteiger partial charge in [-0.1, -0.05) is 17.7 Å². The van der Waals surface area contributed by atoms with Gasteiger partial charge in [0.2, 0.25) is 0 Å². The summed E-state index contributed by atoms with van der Waals surface area (Å²) >= 11 is 1.25. The number of carboxylic acid groups (broad SMARTS) is 1. The van der Waals surface area contributed by atoms with Crippen LogP contribution in [0.3, 0.4) is 0 Å². The zero-order chi connectivity index (χ0) is 12.8. The van der Waals surface area contributed by atoms with E-state index < -0.39 is 10.9 Å². The van der Waals surface area contributed by atoms with Crippen molar-refractivity contribution in [2.24, 2.45) is 0 Å². The minimum atomic E-state index is -1.01. The van der Waals surface area contributed by atoms with E-state index in [9.17, 15) is 14.9 Å². The zero-order valence-electron chi connectivity index (χ0n) is 9.12. The third-order valence-electron chi connectivity index (χ3n) is 1.89. The molecule has 1 rings (SSSR count). The van der Waals surface area contributed by atoms with E-state index >= 15 is 0 Å². The van der Waals surface area contributed by atoms with E-state index in [4.69, 9.17) is 5.11 Å². The van der Waals surface area contributed by atoms with Crippen molar-refractivity contribution < 1.29 is 14.8 Å².